The van der Waals surface area contributed by atoms with Crippen LogP contribution in [0.5, 0.6) is 0 Å². The summed E-state index contributed by atoms with van der Waals surface area (Å²) < 4.78 is 0. The van der Waals surface area contributed by atoms with E-state index in [-0.39, 0.29) is 5.01 Å². The van der Waals surface area contributed by atoms with E-state index in [2.05, 4.69) is 15.2 Å². The summed E-state index contributed by atoms with van der Waals surface area (Å²) in [5.41, 5.74) is 1.63. The van der Waals surface area contributed by atoms with Crippen LogP contribution in [0.25, 0.3) is 10.7 Å². The Bertz CT molecular complexity index is 510. The maximum Gasteiger partial charge on any atom is 0.367 e. The maximum atomic E-state index is 10.6. The quantitative estimate of drug-likeness (QED) is 0.833. The molecule has 15 heavy (non-hydrogen) atoms. The molecule has 0 aliphatic rings. The van der Waals surface area contributed by atoms with Crippen LogP contribution in [0, 0.1) is 6.92 Å². The topological polar surface area (TPSA) is 76.0 Å². The number of carbonyl (C=O) groups is 1. The van der Waals surface area contributed by atoms with Crippen LogP contribution in [-0.2, 0) is 0 Å². The van der Waals surface area contributed by atoms with Crippen LogP contribution in [0.15, 0.2) is 18.3 Å². The van der Waals surface area contributed by atoms with Crippen LogP contribution < -0.4 is 0 Å². The number of aromatic nitrogens is 3. The van der Waals surface area contributed by atoms with E-state index in [0.717, 1.165) is 16.9 Å². The zero-order valence-electron chi connectivity index (χ0n) is 7.84. The van der Waals surface area contributed by atoms with Crippen LogP contribution in [0.1, 0.15) is 15.4 Å². The molecule has 2 aromatic heterocycles. The maximum absolute atomic E-state index is 10.6. The summed E-state index contributed by atoms with van der Waals surface area (Å²) in [4.78, 5) is 14.8. The lowest BCUT2D eigenvalue weighted by molar-refractivity contribution is 0.0695. The van der Waals surface area contributed by atoms with Crippen molar-refractivity contribution in [3.8, 4) is 10.7 Å². The van der Waals surface area contributed by atoms with E-state index in [0.29, 0.717) is 10.7 Å². The van der Waals surface area contributed by atoms with Gasteiger partial charge in [-0.05, 0) is 18.6 Å². The summed E-state index contributed by atoms with van der Waals surface area (Å²) in [6.07, 6.45) is 1.64. The lowest BCUT2D eigenvalue weighted by atomic mass is 10.2. The van der Waals surface area contributed by atoms with Gasteiger partial charge >= 0.3 is 5.97 Å². The average Bonchev–Trinajstić information content (AvgIpc) is 2.67. The minimum atomic E-state index is -1.06. The number of aryl methyl sites for hydroxylation is 1. The summed E-state index contributed by atoms with van der Waals surface area (Å²) in [6, 6.07) is 3.71. The van der Waals surface area contributed by atoms with Crippen molar-refractivity contribution in [3.05, 3.63) is 28.9 Å². The lowest BCUT2D eigenvalue weighted by Crippen LogP contribution is -1.93. The zero-order valence-corrected chi connectivity index (χ0v) is 8.65. The van der Waals surface area contributed by atoms with Gasteiger partial charge in [-0.15, -0.1) is 10.2 Å². The van der Waals surface area contributed by atoms with Crippen molar-refractivity contribution in [1.82, 2.24) is 15.2 Å². The summed E-state index contributed by atoms with van der Waals surface area (Å²) in [7, 11) is 0. The van der Waals surface area contributed by atoms with Gasteiger partial charge in [0.25, 0.3) is 0 Å². The molecule has 76 valence electrons. The highest BCUT2D eigenvalue weighted by Gasteiger charge is 2.13. The van der Waals surface area contributed by atoms with Gasteiger partial charge in [0.05, 0.1) is 0 Å². The van der Waals surface area contributed by atoms with Gasteiger partial charge in [0.2, 0.25) is 5.01 Å². The Morgan fingerprint density at radius 3 is 2.87 bits per heavy atom. The third-order valence-electron chi connectivity index (χ3n) is 1.82. The van der Waals surface area contributed by atoms with E-state index in [9.17, 15) is 4.79 Å². The van der Waals surface area contributed by atoms with E-state index in [1.165, 1.54) is 0 Å². The number of nitrogens with zero attached hydrogens (tertiary/aromatic N) is 3. The molecule has 0 aliphatic heterocycles. The first-order chi connectivity index (χ1) is 7.18. The molecule has 5 nitrogen and oxygen atoms in total. The fraction of sp³-hybridized carbons (Fsp3) is 0.111. The molecule has 0 spiro atoms. The van der Waals surface area contributed by atoms with Crippen molar-refractivity contribution < 1.29 is 9.90 Å². The van der Waals surface area contributed by atoms with E-state index >= 15 is 0 Å². The van der Waals surface area contributed by atoms with Crippen molar-refractivity contribution in [3.63, 3.8) is 0 Å². The first-order valence-electron chi connectivity index (χ1n) is 4.17. The van der Waals surface area contributed by atoms with Crippen molar-refractivity contribution in [2.45, 2.75) is 6.92 Å². The highest BCUT2D eigenvalue weighted by Crippen LogP contribution is 2.23. The number of carboxylic acids is 1. The van der Waals surface area contributed by atoms with Crippen LogP contribution >= 0.6 is 11.3 Å². The average molecular weight is 221 g/mol. The molecular formula is C9H7N3O2S. The first-order valence-corrected chi connectivity index (χ1v) is 4.99. The summed E-state index contributed by atoms with van der Waals surface area (Å²) in [5.74, 6) is -1.06. The number of aromatic carboxylic acids is 1. The molecule has 0 saturated heterocycles. The van der Waals surface area contributed by atoms with Crippen molar-refractivity contribution in [2.75, 3.05) is 0 Å². The summed E-state index contributed by atoms with van der Waals surface area (Å²) >= 11 is 1.02. The molecule has 2 heterocycles. The molecule has 0 unspecified atom stereocenters. The molecular weight excluding hydrogens is 214 g/mol. The molecule has 0 bridgehead atoms. The summed E-state index contributed by atoms with van der Waals surface area (Å²) in [6.45, 7) is 1.89. The van der Waals surface area contributed by atoms with Gasteiger partial charge < -0.3 is 5.11 Å². The molecule has 0 amide bonds. The molecule has 0 radical (unpaired) electrons. The van der Waals surface area contributed by atoms with E-state index in [1.54, 1.807) is 6.20 Å². The van der Waals surface area contributed by atoms with Crippen molar-refractivity contribution >= 4 is 17.3 Å². The fourth-order valence-electron chi connectivity index (χ4n) is 1.11. The number of carboxylic acid groups (broad SMARTS) is 1. The summed E-state index contributed by atoms with van der Waals surface area (Å²) in [5, 5.41) is 16.6. The molecule has 0 aromatic carbocycles. The van der Waals surface area contributed by atoms with E-state index < -0.39 is 5.97 Å². The standard InChI is InChI=1S/C9H7N3O2S/c1-5-3-2-4-10-6(5)7-11-12-8(15-7)9(13)14/h2-4H,1H3,(H,13,14). The Morgan fingerprint density at radius 2 is 2.27 bits per heavy atom. The van der Waals surface area contributed by atoms with Gasteiger partial charge in [0, 0.05) is 6.20 Å². The van der Waals surface area contributed by atoms with Crippen LogP contribution in [0.3, 0.4) is 0 Å². The Hall–Kier alpha value is -1.82. The van der Waals surface area contributed by atoms with Gasteiger partial charge in [-0.3, -0.25) is 4.98 Å². The monoisotopic (exact) mass is 221 g/mol. The Morgan fingerprint density at radius 1 is 1.47 bits per heavy atom. The second-order valence-electron chi connectivity index (χ2n) is 2.89. The Kier molecular flexibility index (Phi) is 2.42. The van der Waals surface area contributed by atoms with Crippen LogP contribution in [0.2, 0.25) is 0 Å². The number of hydrogen-bond acceptors (Lipinski definition) is 5. The highest BCUT2D eigenvalue weighted by atomic mass is 32.1. The molecule has 6 heteroatoms. The van der Waals surface area contributed by atoms with E-state index in [1.807, 2.05) is 19.1 Å². The number of hydrogen-bond donors (Lipinski definition) is 1. The van der Waals surface area contributed by atoms with Gasteiger partial charge in [-0.2, -0.15) is 0 Å². The highest BCUT2D eigenvalue weighted by molar-refractivity contribution is 7.16. The Balaban J connectivity index is 2.46. The zero-order chi connectivity index (χ0) is 10.8. The minimum absolute atomic E-state index is 0.0185. The second kappa shape index (κ2) is 3.74. The first kappa shape index (κ1) is 9.72. The van der Waals surface area contributed by atoms with Crippen molar-refractivity contribution in [1.29, 1.82) is 0 Å². The normalized spacial score (nSPS) is 10.2. The lowest BCUT2D eigenvalue weighted by Gasteiger charge is -1.97. The van der Waals surface area contributed by atoms with Crippen LogP contribution in [0.4, 0.5) is 0 Å². The molecule has 0 fully saturated rings. The van der Waals surface area contributed by atoms with Gasteiger partial charge in [-0.25, -0.2) is 4.79 Å². The SMILES string of the molecule is Cc1cccnc1-c1nnc(C(=O)O)s1. The van der Waals surface area contributed by atoms with Crippen LogP contribution in [-0.4, -0.2) is 26.3 Å². The molecule has 2 rings (SSSR count). The van der Waals surface area contributed by atoms with Crippen molar-refractivity contribution in [2.24, 2.45) is 0 Å². The van der Waals surface area contributed by atoms with Gasteiger partial charge in [0.1, 0.15) is 5.69 Å². The second-order valence-corrected chi connectivity index (χ2v) is 3.86. The molecule has 1 N–H and O–H groups in total. The minimum Gasteiger partial charge on any atom is -0.476 e. The fourth-order valence-corrected chi connectivity index (χ4v) is 1.86. The molecule has 0 atom stereocenters. The Labute approximate surface area is 89.4 Å². The number of pyridine rings is 1. The smallest absolute Gasteiger partial charge is 0.367 e. The molecule has 0 saturated carbocycles. The van der Waals surface area contributed by atoms with Gasteiger partial charge in [-0.1, -0.05) is 17.4 Å². The number of rotatable bonds is 2. The molecule has 2 aromatic rings. The predicted molar refractivity (Wildman–Crippen MR) is 54.8 cm³/mol. The third kappa shape index (κ3) is 1.84. The van der Waals surface area contributed by atoms with E-state index in [4.69, 9.17) is 5.11 Å². The third-order valence-corrected chi connectivity index (χ3v) is 2.74. The largest absolute Gasteiger partial charge is 0.476 e. The predicted octanol–water partition coefficient (Wildman–Crippen LogP) is 1.61. The molecule has 0 aliphatic carbocycles. The van der Waals surface area contributed by atoms with Gasteiger partial charge in [0.15, 0.2) is 5.01 Å².